The van der Waals surface area contributed by atoms with Crippen molar-refractivity contribution in [3.8, 4) is 0 Å². The average Bonchev–Trinajstić information content (AvgIpc) is 0.811. The minimum Gasteiger partial charge on any atom is -0.424 e. The summed E-state index contributed by atoms with van der Waals surface area (Å²) in [6.07, 6.45) is 1.08. The van der Waals surface area contributed by atoms with Gasteiger partial charge in [-0.15, -0.1) is 12.4 Å². The Balaban J connectivity index is -0.0000000450. The molecule has 0 aliphatic carbocycles. The minimum absolute atomic E-state index is 0. The van der Waals surface area contributed by atoms with E-state index in [0.717, 1.165) is 6.26 Å². The van der Waals surface area contributed by atoms with E-state index in [1.165, 1.54) is 0 Å². The maximum absolute atomic E-state index is 9.00. The van der Waals surface area contributed by atoms with Crippen molar-refractivity contribution in [1.29, 1.82) is 0 Å². The molecule has 0 aromatic carbocycles. The van der Waals surface area contributed by atoms with Crippen LogP contribution in [0, 0.1) is 0 Å². The summed E-state index contributed by atoms with van der Waals surface area (Å²) in [5, 5.41) is 0. The molecule has 2 nitrogen and oxygen atoms in total. The molecule has 0 aromatic heterocycles. The Labute approximate surface area is 87.5 Å². The van der Waals surface area contributed by atoms with Crippen LogP contribution in [0.2, 0.25) is 0 Å². The van der Waals surface area contributed by atoms with Crippen LogP contribution in [0.15, 0.2) is 0 Å². The average molecular weight is 155 g/mol. The third-order valence-electron chi connectivity index (χ3n) is 0. The van der Waals surface area contributed by atoms with E-state index in [-0.39, 0.29) is 63.8 Å². The molecule has 0 unspecified atom stereocenters. The molecule has 34 valence electrons. The normalized spacial score (nSPS) is 5.67. The Hall–Kier alpha value is 1.88. The SMILES string of the molecule is C[S-](=O)=O.Cl.[K+]. The van der Waals surface area contributed by atoms with Gasteiger partial charge in [0.05, 0.1) is 0 Å². The van der Waals surface area contributed by atoms with Crippen LogP contribution >= 0.6 is 12.4 Å². The molecule has 0 rings (SSSR count). The number of rotatable bonds is 0. The van der Waals surface area contributed by atoms with Crippen LogP contribution in [0.3, 0.4) is 0 Å². The van der Waals surface area contributed by atoms with Gasteiger partial charge in [-0.05, 0) is 0 Å². The van der Waals surface area contributed by atoms with Crippen molar-refractivity contribution in [2.75, 3.05) is 6.26 Å². The molecule has 0 aliphatic heterocycles. The van der Waals surface area contributed by atoms with Crippen LogP contribution in [0.4, 0.5) is 0 Å². The smallest absolute Gasteiger partial charge is 0.424 e. The molecular formula is CH4ClKO2S. The molecule has 0 saturated heterocycles. The molecular weight excluding hydrogens is 151 g/mol. The van der Waals surface area contributed by atoms with Gasteiger partial charge in [0, 0.05) is 0 Å². The van der Waals surface area contributed by atoms with Gasteiger partial charge in [-0.1, -0.05) is 17.0 Å². The van der Waals surface area contributed by atoms with Gasteiger partial charge in [0.1, 0.15) is 0 Å². The number of hydrogen-bond acceptors (Lipinski definition) is 3. The second-order valence-electron chi connectivity index (χ2n) is 0.401. The Morgan fingerprint density at radius 2 is 1.33 bits per heavy atom. The first kappa shape index (κ1) is 15.7. The first-order chi connectivity index (χ1) is 1.73. The molecule has 0 radical (unpaired) electrons. The van der Waals surface area contributed by atoms with E-state index in [1.807, 2.05) is 0 Å². The first-order valence-electron chi connectivity index (χ1n) is 0.742. The first-order valence-corrected chi connectivity index (χ1v) is 2.22. The molecule has 0 spiro atoms. The van der Waals surface area contributed by atoms with Gasteiger partial charge in [0.15, 0.2) is 0 Å². The zero-order chi connectivity index (χ0) is 3.58. The number of hydrogen-bond donors (Lipinski definition) is 0. The van der Waals surface area contributed by atoms with Crippen LogP contribution in [-0.4, -0.2) is 6.26 Å². The van der Waals surface area contributed by atoms with Gasteiger partial charge < -0.3 is 8.42 Å². The Kier molecular flexibility index (Phi) is 26.1. The summed E-state index contributed by atoms with van der Waals surface area (Å²) >= 11 is 0. The van der Waals surface area contributed by atoms with Gasteiger partial charge in [-0.25, -0.2) is 0 Å². The number of halogens is 1. The summed E-state index contributed by atoms with van der Waals surface area (Å²) in [5.41, 5.74) is 0. The molecule has 0 amide bonds. The van der Waals surface area contributed by atoms with Gasteiger partial charge in [0.2, 0.25) is 0 Å². The van der Waals surface area contributed by atoms with E-state index in [4.69, 9.17) is 8.42 Å². The zero-order valence-corrected chi connectivity index (χ0v) is 8.39. The van der Waals surface area contributed by atoms with Crippen LogP contribution in [0.5, 0.6) is 0 Å². The summed E-state index contributed by atoms with van der Waals surface area (Å²) in [7, 11) is -1.86. The van der Waals surface area contributed by atoms with Crippen LogP contribution in [0.25, 0.3) is 0 Å². The molecule has 0 heterocycles. The van der Waals surface area contributed by atoms with Gasteiger partial charge in [-0.2, -0.15) is 0 Å². The molecule has 0 fully saturated rings. The maximum Gasteiger partial charge on any atom is 1.00 e. The summed E-state index contributed by atoms with van der Waals surface area (Å²) < 4.78 is 18.0. The van der Waals surface area contributed by atoms with Gasteiger partial charge in [-0.3, -0.25) is 0 Å². The summed E-state index contributed by atoms with van der Waals surface area (Å²) in [5.74, 6) is 0. The van der Waals surface area contributed by atoms with Crippen molar-refractivity contribution in [2.45, 2.75) is 0 Å². The largest absolute Gasteiger partial charge is 1.00 e. The van der Waals surface area contributed by atoms with Crippen molar-refractivity contribution >= 4 is 23.1 Å². The summed E-state index contributed by atoms with van der Waals surface area (Å²) in [6.45, 7) is 0. The quantitative estimate of drug-likeness (QED) is 0.282. The third kappa shape index (κ3) is 39.7. The Bertz CT molecular complexity index is 61.9. The standard InChI is InChI=1S/CH3O2S.ClH.K/c1-4(2)3;;/h1H3;1H;/q-1;;+1. The summed E-state index contributed by atoms with van der Waals surface area (Å²) in [6, 6.07) is 0. The predicted octanol–water partition coefficient (Wildman–Crippen LogP) is -2.65. The molecule has 0 atom stereocenters. The van der Waals surface area contributed by atoms with Crippen LogP contribution in [-0.2, 0) is 19.1 Å². The molecule has 0 bridgehead atoms. The molecule has 5 heteroatoms. The minimum atomic E-state index is -1.86. The topological polar surface area (TPSA) is 34.1 Å². The summed E-state index contributed by atoms with van der Waals surface area (Å²) in [4.78, 5) is 0. The second-order valence-corrected chi connectivity index (χ2v) is 1.20. The molecule has 0 N–H and O–H groups in total. The van der Waals surface area contributed by atoms with Crippen LogP contribution in [0.1, 0.15) is 0 Å². The van der Waals surface area contributed by atoms with E-state index in [9.17, 15) is 0 Å². The zero-order valence-electron chi connectivity index (χ0n) is 3.63. The van der Waals surface area contributed by atoms with Gasteiger partial charge >= 0.3 is 51.4 Å². The van der Waals surface area contributed by atoms with Crippen molar-refractivity contribution in [3.63, 3.8) is 0 Å². The van der Waals surface area contributed by atoms with Crippen molar-refractivity contribution in [3.05, 3.63) is 0 Å². The van der Waals surface area contributed by atoms with Crippen LogP contribution < -0.4 is 51.4 Å². The fourth-order valence-corrected chi connectivity index (χ4v) is 0. The fourth-order valence-electron chi connectivity index (χ4n) is 0. The maximum atomic E-state index is 9.00. The van der Waals surface area contributed by atoms with E-state index < -0.39 is 10.7 Å². The fraction of sp³-hybridized carbons (Fsp3) is 1.00. The predicted molar refractivity (Wildman–Crippen MR) is 21.9 cm³/mol. The van der Waals surface area contributed by atoms with Crippen molar-refractivity contribution in [2.24, 2.45) is 0 Å². The van der Waals surface area contributed by atoms with Crippen molar-refractivity contribution in [1.82, 2.24) is 0 Å². The molecule has 0 aliphatic rings. The van der Waals surface area contributed by atoms with E-state index in [1.54, 1.807) is 0 Å². The molecule has 0 saturated carbocycles. The van der Waals surface area contributed by atoms with E-state index in [2.05, 4.69) is 0 Å². The second kappa shape index (κ2) is 9.99. The van der Waals surface area contributed by atoms with Crippen molar-refractivity contribution < 1.29 is 59.8 Å². The van der Waals surface area contributed by atoms with Gasteiger partial charge in [0.25, 0.3) is 0 Å². The van der Waals surface area contributed by atoms with E-state index >= 15 is 0 Å². The Morgan fingerprint density at radius 3 is 1.33 bits per heavy atom. The molecule has 6 heavy (non-hydrogen) atoms. The Morgan fingerprint density at radius 1 is 1.33 bits per heavy atom. The third-order valence-corrected chi connectivity index (χ3v) is 0. The monoisotopic (exact) mass is 154 g/mol. The van der Waals surface area contributed by atoms with E-state index in [0.29, 0.717) is 0 Å². The molecule has 0 aromatic rings.